The van der Waals surface area contributed by atoms with Crippen LogP contribution in [0.3, 0.4) is 0 Å². The van der Waals surface area contributed by atoms with E-state index in [0.29, 0.717) is 6.54 Å². The average Bonchev–Trinajstić information content (AvgIpc) is 3.07. The number of aliphatic carboxylic acids is 1. The van der Waals surface area contributed by atoms with Gasteiger partial charge in [-0.3, -0.25) is 4.79 Å². The number of benzene rings is 1. The molecule has 0 radical (unpaired) electrons. The summed E-state index contributed by atoms with van der Waals surface area (Å²) >= 11 is 0. The molecule has 108 valence electrons. The normalized spacial score (nSPS) is 36.3. The maximum atomic E-state index is 12.7. The van der Waals surface area contributed by atoms with Crippen molar-refractivity contribution in [3.63, 3.8) is 0 Å². The lowest BCUT2D eigenvalue weighted by Gasteiger charge is -2.24. The van der Waals surface area contributed by atoms with E-state index in [1.165, 1.54) is 0 Å². The molecule has 21 heavy (non-hydrogen) atoms. The Morgan fingerprint density at radius 2 is 2.29 bits per heavy atom. The molecule has 5 nitrogen and oxygen atoms in total. The number of carbonyl (C=O) groups excluding carboxylic acids is 2. The van der Waals surface area contributed by atoms with E-state index < -0.39 is 29.5 Å². The molecular formula is C16H14NO4-. The minimum absolute atomic E-state index is 0.193. The SMILES string of the molecule is Cc1cccc(N2C[C@@]34C=C[C@H](O3)[C@H](C(=O)[O-])[C@H]4C2=O)c1. The molecule has 1 amide bonds. The van der Waals surface area contributed by atoms with Gasteiger partial charge in [0.15, 0.2) is 0 Å². The van der Waals surface area contributed by atoms with Gasteiger partial charge in [-0.2, -0.15) is 0 Å². The summed E-state index contributed by atoms with van der Waals surface area (Å²) in [5.41, 5.74) is 1.02. The van der Waals surface area contributed by atoms with Gasteiger partial charge in [-0.05, 0) is 24.6 Å². The molecule has 0 aliphatic carbocycles. The lowest BCUT2D eigenvalue weighted by molar-refractivity contribution is -0.313. The first-order valence-corrected chi connectivity index (χ1v) is 6.98. The number of nitrogens with zero attached hydrogens (tertiary/aromatic N) is 1. The molecule has 2 bridgehead atoms. The molecule has 0 N–H and O–H groups in total. The van der Waals surface area contributed by atoms with Gasteiger partial charge in [0.25, 0.3) is 0 Å². The predicted molar refractivity (Wildman–Crippen MR) is 72.3 cm³/mol. The van der Waals surface area contributed by atoms with Gasteiger partial charge in [-0.25, -0.2) is 0 Å². The number of hydrogen-bond donors (Lipinski definition) is 0. The van der Waals surface area contributed by atoms with Crippen molar-refractivity contribution in [1.82, 2.24) is 0 Å². The van der Waals surface area contributed by atoms with Crippen molar-refractivity contribution >= 4 is 17.6 Å². The van der Waals surface area contributed by atoms with Gasteiger partial charge in [-0.1, -0.05) is 24.3 Å². The van der Waals surface area contributed by atoms with E-state index >= 15 is 0 Å². The van der Waals surface area contributed by atoms with Crippen molar-refractivity contribution in [2.45, 2.75) is 18.6 Å². The number of aryl methyl sites for hydroxylation is 1. The van der Waals surface area contributed by atoms with Crippen molar-refractivity contribution < 1.29 is 19.4 Å². The standard InChI is InChI=1S/C16H15NO4/c1-9-3-2-4-10(7-9)17-8-16-6-5-11(21-16)12(15(19)20)13(16)14(17)18/h2-7,11-13H,8H2,1H3,(H,19,20)/p-1/t11-,12-,13-,16+/m0/s1. The Hall–Kier alpha value is -2.14. The third-order valence-electron chi connectivity index (χ3n) is 4.69. The molecule has 0 saturated carbocycles. The molecule has 1 aromatic carbocycles. The van der Waals surface area contributed by atoms with Crippen LogP contribution < -0.4 is 10.0 Å². The number of amides is 1. The lowest BCUT2D eigenvalue weighted by Crippen LogP contribution is -2.45. The van der Waals surface area contributed by atoms with Crippen molar-refractivity contribution in [3.05, 3.63) is 42.0 Å². The van der Waals surface area contributed by atoms with Gasteiger partial charge in [-0.15, -0.1) is 0 Å². The minimum atomic E-state index is -1.21. The molecule has 1 spiro atoms. The van der Waals surface area contributed by atoms with Gasteiger partial charge in [0, 0.05) is 17.6 Å². The number of fused-ring (bicyclic) bond motifs is 1. The summed E-state index contributed by atoms with van der Waals surface area (Å²) in [5, 5.41) is 11.4. The number of hydrogen-bond acceptors (Lipinski definition) is 4. The van der Waals surface area contributed by atoms with E-state index in [1.54, 1.807) is 11.0 Å². The lowest BCUT2D eigenvalue weighted by atomic mass is 9.77. The van der Waals surface area contributed by atoms with Crippen LogP contribution in [-0.4, -0.2) is 30.1 Å². The van der Waals surface area contributed by atoms with Gasteiger partial charge in [0.05, 0.1) is 18.6 Å². The summed E-state index contributed by atoms with van der Waals surface area (Å²) in [7, 11) is 0. The van der Waals surface area contributed by atoms with Crippen molar-refractivity contribution in [3.8, 4) is 0 Å². The number of carbonyl (C=O) groups is 2. The first kappa shape index (κ1) is 12.6. The Morgan fingerprint density at radius 1 is 1.48 bits per heavy atom. The smallest absolute Gasteiger partial charge is 0.234 e. The molecule has 2 saturated heterocycles. The van der Waals surface area contributed by atoms with Gasteiger partial charge < -0.3 is 19.5 Å². The van der Waals surface area contributed by atoms with Crippen LogP contribution in [0.4, 0.5) is 5.69 Å². The van der Waals surface area contributed by atoms with Crippen LogP contribution in [-0.2, 0) is 14.3 Å². The van der Waals surface area contributed by atoms with Crippen LogP contribution in [0, 0.1) is 18.8 Å². The number of carboxylic acid groups (broad SMARTS) is 1. The second-order valence-electron chi connectivity index (χ2n) is 5.98. The molecule has 3 heterocycles. The van der Waals surface area contributed by atoms with Gasteiger partial charge in [0.2, 0.25) is 5.91 Å². The Balaban J connectivity index is 1.75. The van der Waals surface area contributed by atoms with E-state index in [0.717, 1.165) is 11.3 Å². The highest BCUT2D eigenvalue weighted by atomic mass is 16.5. The molecular weight excluding hydrogens is 270 g/mol. The van der Waals surface area contributed by atoms with E-state index in [-0.39, 0.29) is 5.91 Å². The zero-order valence-electron chi connectivity index (χ0n) is 11.5. The second-order valence-corrected chi connectivity index (χ2v) is 5.98. The van der Waals surface area contributed by atoms with Gasteiger partial charge >= 0.3 is 0 Å². The van der Waals surface area contributed by atoms with Crippen molar-refractivity contribution in [2.75, 3.05) is 11.4 Å². The summed E-state index contributed by atoms with van der Waals surface area (Å²) in [6.07, 6.45) is 3.04. The predicted octanol–water partition coefficient (Wildman–Crippen LogP) is 0.0313. The summed E-state index contributed by atoms with van der Waals surface area (Å²) < 4.78 is 5.82. The quantitative estimate of drug-likeness (QED) is 0.719. The fourth-order valence-corrected chi connectivity index (χ4v) is 3.78. The molecule has 5 heteroatoms. The molecule has 3 aliphatic rings. The maximum absolute atomic E-state index is 12.7. The van der Waals surface area contributed by atoms with E-state index in [1.807, 2.05) is 37.3 Å². The molecule has 0 unspecified atom stereocenters. The average molecular weight is 284 g/mol. The summed E-state index contributed by atoms with van der Waals surface area (Å²) in [4.78, 5) is 25.7. The highest BCUT2D eigenvalue weighted by Gasteiger charge is 2.65. The van der Waals surface area contributed by atoms with Crippen LogP contribution in [0.15, 0.2) is 36.4 Å². The molecule has 4 rings (SSSR count). The van der Waals surface area contributed by atoms with Crippen LogP contribution >= 0.6 is 0 Å². The highest BCUT2D eigenvalue weighted by molar-refractivity contribution is 6.02. The monoisotopic (exact) mass is 284 g/mol. The highest BCUT2D eigenvalue weighted by Crippen LogP contribution is 2.52. The van der Waals surface area contributed by atoms with Gasteiger partial charge in [0.1, 0.15) is 5.60 Å². The molecule has 0 aromatic heterocycles. The van der Waals surface area contributed by atoms with Crippen LogP contribution in [0.1, 0.15) is 5.56 Å². The second kappa shape index (κ2) is 3.95. The first-order chi connectivity index (χ1) is 10.0. The Morgan fingerprint density at radius 3 is 3.00 bits per heavy atom. The van der Waals surface area contributed by atoms with Crippen LogP contribution in [0.25, 0.3) is 0 Å². The van der Waals surface area contributed by atoms with Crippen LogP contribution in [0.2, 0.25) is 0 Å². The first-order valence-electron chi connectivity index (χ1n) is 6.98. The number of anilines is 1. The van der Waals surface area contributed by atoms with E-state index in [2.05, 4.69) is 0 Å². The fourth-order valence-electron chi connectivity index (χ4n) is 3.78. The Bertz CT molecular complexity index is 683. The largest absolute Gasteiger partial charge is 0.550 e. The summed E-state index contributed by atoms with van der Waals surface area (Å²) in [6, 6.07) is 7.61. The molecule has 4 atom stereocenters. The van der Waals surface area contributed by atoms with Crippen molar-refractivity contribution in [2.24, 2.45) is 11.8 Å². The number of rotatable bonds is 2. The molecule has 3 aliphatic heterocycles. The summed E-state index contributed by atoms with van der Waals surface area (Å²) in [6.45, 7) is 2.31. The topological polar surface area (TPSA) is 69.7 Å². The fraction of sp³-hybridized carbons (Fsp3) is 0.375. The number of ether oxygens (including phenoxy) is 1. The maximum Gasteiger partial charge on any atom is 0.234 e. The zero-order chi connectivity index (χ0) is 14.8. The van der Waals surface area contributed by atoms with Crippen molar-refractivity contribution in [1.29, 1.82) is 0 Å². The molecule has 2 fully saturated rings. The third kappa shape index (κ3) is 1.55. The molecule has 1 aromatic rings. The third-order valence-corrected chi connectivity index (χ3v) is 4.69. The van der Waals surface area contributed by atoms with E-state index in [9.17, 15) is 14.7 Å². The zero-order valence-corrected chi connectivity index (χ0v) is 11.5. The summed E-state index contributed by atoms with van der Waals surface area (Å²) in [5.74, 6) is -2.98. The Kier molecular flexibility index (Phi) is 2.37. The Labute approximate surface area is 121 Å². The van der Waals surface area contributed by atoms with E-state index in [4.69, 9.17) is 4.74 Å². The number of carboxylic acids is 1. The van der Waals surface area contributed by atoms with Crippen LogP contribution in [0.5, 0.6) is 0 Å². The minimum Gasteiger partial charge on any atom is -0.550 e.